The molecule has 4 nitrogen and oxygen atoms in total. The summed E-state index contributed by atoms with van der Waals surface area (Å²) in [6, 6.07) is 3.68. The van der Waals surface area contributed by atoms with Crippen molar-refractivity contribution >= 4 is 46.1 Å². The number of aromatic nitrogens is 2. The van der Waals surface area contributed by atoms with Crippen LogP contribution < -0.4 is 4.90 Å². The van der Waals surface area contributed by atoms with Crippen molar-refractivity contribution in [3.8, 4) is 0 Å². The van der Waals surface area contributed by atoms with E-state index in [9.17, 15) is 4.79 Å². The first-order valence-electron chi connectivity index (χ1n) is 6.73. The number of hydrogen-bond donors (Lipinski definition) is 0. The second-order valence-corrected chi connectivity index (χ2v) is 7.65. The van der Waals surface area contributed by atoms with Crippen molar-refractivity contribution < 1.29 is 4.79 Å². The monoisotopic (exact) mass is 357 g/mol. The van der Waals surface area contributed by atoms with Gasteiger partial charge < -0.3 is 4.90 Å². The lowest BCUT2D eigenvalue weighted by atomic mass is 9.85. The van der Waals surface area contributed by atoms with Gasteiger partial charge in [-0.15, -0.1) is 21.5 Å². The molecule has 2 aromatic rings. The van der Waals surface area contributed by atoms with E-state index in [1.54, 1.807) is 16.5 Å². The van der Waals surface area contributed by atoms with E-state index in [4.69, 9.17) is 23.2 Å². The Hall–Kier alpha value is -1.17. The Kier molecular flexibility index (Phi) is 5.10. The first-order chi connectivity index (χ1) is 10.2. The van der Waals surface area contributed by atoms with Crippen LogP contribution in [0.3, 0.4) is 0 Å². The first-order valence-corrected chi connectivity index (χ1v) is 8.37. The summed E-state index contributed by atoms with van der Waals surface area (Å²) in [5.41, 5.74) is 3.06. The van der Waals surface area contributed by atoms with Gasteiger partial charge in [0.2, 0.25) is 5.91 Å². The molecule has 0 radical (unpaired) electrons. The van der Waals surface area contributed by atoms with Crippen LogP contribution in [0.25, 0.3) is 0 Å². The van der Waals surface area contributed by atoms with Crippen LogP contribution in [0.4, 0.5) is 5.69 Å². The SMILES string of the molecule is CC(=O)N(Cc1nncs1)c1c(C(C)(C)C)ccc(Cl)c1Cl. The van der Waals surface area contributed by atoms with Crippen LogP contribution in [0.1, 0.15) is 38.3 Å². The van der Waals surface area contributed by atoms with E-state index in [0.29, 0.717) is 22.3 Å². The van der Waals surface area contributed by atoms with Crippen molar-refractivity contribution in [1.29, 1.82) is 0 Å². The maximum atomic E-state index is 12.2. The van der Waals surface area contributed by atoms with E-state index < -0.39 is 0 Å². The molecule has 2 rings (SSSR count). The zero-order valence-electron chi connectivity index (χ0n) is 12.9. The Bertz CT molecular complexity index is 681. The van der Waals surface area contributed by atoms with E-state index in [-0.39, 0.29) is 11.3 Å². The Balaban J connectivity index is 2.60. The highest BCUT2D eigenvalue weighted by Crippen LogP contribution is 2.41. The van der Waals surface area contributed by atoms with Gasteiger partial charge in [-0.05, 0) is 17.0 Å². The van der Waals surface area contributed by atoms with Crippen LogP contribution in [-0.2, 0) is 16.8 Å². The van der Waals surface area contributed by atoms with Crippen LogP contribution >= 0.6 is 34.5 Å². The fourth-order valence-electron chi connectivity index (χ4n) is 2.16. The van der Waals surface area contributed by atoms with Crippen LogP contribution in [0.5, 0.6) is 0 Å². The lowest BCUT2D eigenvalue weighted by Gasteiger charge is -2.30. The molecule has 0 saturated carbocycles. The van der Waals surface area contributed by atoms with Crippen LogP contribution in [0, 0.1) is 0 Å². The van der Waals surface area contributed by atoms with Gasteiger partial charge in [-0.25, -0.2) is 0 Å². The van der Waals surface area contributed by atoms with Gasteiger partial charge in [-0.3, -0.25) is 4.79 Å². The number of anilines is 1. The fourth-order valence-corrected chi connectivity index (χ4v) is 3.09. The maximum absolute atomic E-state index is 12.2. The molecule has 0 unspecified atom stereocenters. The highest BCUT2D eigenvalue weighted by atomic mass is 35.5. The Labute approximate surface area is 144 Å². The van der Waals surface area contributed by atoms with E-state index in [1.165, 1.54) is 18.3 Å². The third-order valence-corrected chi connectivity index (χ3v) is 4.70. The van der Waals surface area contributed by atoms with Crippen molar-refractivity contribution in [2.24, 2.45) is 0 Å². The lowest BCUT2D eigenvalue weighted by molar-refractivity contribution is -0.116. The number of halogens is 2. The van der Waals surface area contributed by atoms with Crippen molar-refractivity contribution in [2.75, 3.05) is 4.90 Å². The molecule has 0 aliphatic rings. The van der Waals surface area contributed by atoms with E-state index >= 15 is 0 Å². The van der Waals surface area contributed by atoms with Gasteiger partial charge in [0, 0.05) is 6.92 Å². The number of benzene rings is 1. The van der Waals surface area contributed by atoms with Gasteiger partial charge in [-0.1, -0.05) is 50.0 Å². The quantitative estimate of drug-likeness (QED) is 0.799. The summed E-state index contributed by atoms with van der Waals surface area (Å²) in [6.45, 7) is 8.03. The molecule has 0 aliphatic carbocycles. The number of carbonyl (C=O) groups excluding carboxylic acids is 1. The molecule has 0 atom stereocenters. The predicted molar refractivity (Wildman–Crippen MR) is 91.9 cm³/mol. The number of nitrogens with zero attached hydrogens (tertiary/aromatic N) is 3. The molecule has 0 spiro atoms. The molecule has 118 valence electrons. The first kappa shape index (κ1) is 17.2. The Morgan fingerprint density at radius 1 is 1.32 bits per heavy atom. The molecule has 1 heterocycles. The van der Waals surface area contributed by atoms with Crippen LogP contribution in [-0.4, -0.2) is 16.1 Å². The predicted octanol–water partition coefficient (Wildman–Crippen LogP) is 4.70. The fraction of sp³-hybridized carbons (Fsp3) is 0.400. The smallest absolute Gasteiger partial charge is 0.224 e. The van der Waals surface area contributed by atoms with Gasteiger partial charge in [0.25, 0.3) is 0 Å². The summed E-state index contributed by atoms with van der Waals surface area (Å²) >= 11 is 14.0. The van der Waals surface area contributed by atoms with Crippen molar-refractivity contribution in [1.82, 2.24) is 10.2 Å². The van der Waals surface area contributed by atoms with Gasteiger partial charge in [-0.2, -0.15) is 0 Å². The minimum absolute atomic E-state index is 0.120. The minimum Gasteiger partial charge on any atom is -0.304 e. The van der Waals surface area contributed by atoms with E-state index in [0.717, 1.165) is 10.6 Å². The minimum atomic E-state index is -0.182. The second kappa shape index (κ2) is 6.52. The molecule has 1 amide bonds. The molecule has 0 N–H and O–H groups in total. The molecule has 22 heavy (non-hydrogen) atoms. The largest absolute Gasteiger partial charge is 0.304 e. The number of hydrogen-bond acceptors (Lipinski definition) is 4. The summed E-state index contributed by atoms with van der Waals surface area (Å²) in [5, 5.41) is 9.37. The normalized spacial score (nSPS) is 11.5. The van der Waals surface area contributed by atoms with Gasteiger partial charge in [0.1, 0.15) is 10.5 Å². The molecule has 0 fully saturated rings. The zero-order chi connectivity index (χ0) is 16.5. The molecular weight excluding hydrogens is 341 g/mol. The topological polar surface area (TPSA) is 46.1 Å². The second-order valence-electron chi connectivity index (χ2n) is 5.95. The molecule has 0 bridgehead atoms. The average Bonchev–Trinajstić information content (AvgIpc) is 2.91. The third kappa shape index (κ3) is 3.59. The molecule has 7 heteroatoms. The molecule has 0 saturated heterocycles. The summed E-state index contributed by atoms with van der Waals surface area (Å²) in [7, 11) is 0. The molecule has 1 aromatic carbocycles. The highest BCUT2D eigenvalue weighted by molar-refractivity contribution is 7.09. The van der Waals surface area contributed by atoms with Crippen LogP contribution in [0.2, 0.25) is 10.0 Å². The highest BCUT2D eigenvalue weighted by Gasteiger charge is 2.27. The average molecular weight is 358 g/mol. The number of rotatable bonds is 3. The third-order valence-electron chi connectivity index (χ3n) is 3.23. The summed E-state index contributed by atoms with van der Waals surface area (Å²) in [4.78, 5) is 13.8. The summed E-state index contributed by atoms with van der Waals surface area (Å²) < 4.78 is 0. The lowest BCUT2D eigenvalue weighted by Crippen LogP contribution is -2.31. The zero-order valence-corrected chi connectivity index (χ0v) is 15.2. The van der Waals surface area contributed by atoms with E-state index in [2.05, 4.69) is 31.0 Å². The Morgan fingerprint density at radius 3 is 2.50 bits per heavy atom. The number of carbonyl (C=O) groups is 1. The van der Waals surface area contributed by atoms with Gasteiger partial charge in [0.05, 0.1) is 22.3 Å². The van der Waals surface area contributed by atoms with E-state index in [1.807, 2.05) is 6.07 Å². The van der Waals surface area contributed by atoms with Gasteiger partial charge >= 0.3 is 0 Å². The van der Waals surface area contributed by atoms with Crippen molar-refractivity contribution in [3.63, 3.8) is 0 Å². The molecule has 1 aromatic heterocycles. The van der Waals surface area contributed by atoms with Crippen LogP contribution in [0.15, 0.2) is 17.6 Å². The molecule has 0 aliphatic heterocycles. The van der Waals surface area contributed by atoms with Crippen molar-refractivity contribution in [2.45, 2.75) is 39.7 Å². The number of amides is 1. The Morgan fingerprint density at radius 2 is 2.00 bits per heavy atom. The summed E-state index contributed by atoms with van der Waals surface area (Å²) in [5.74, 6) is -0.120. The van der Waals surface area contributed by atoms with Gasteiger partial charge in [0.15, 0.2) is 0 Å². The summed E-state index contributed by atoms with van der Waals surface area (Å²) in [6.07, 6.45) is 0. The standard InChI is InChI=1S/C15H17Cl2N3OS/c1-9(21)20(7-12-19-18-8-22-12)14-10(15(2,3)4)5-6-11(16)13(14)17/h5-6,8H,7H2,1-4H3. The van der Waals surface area contributed by atoms with Crippen molar-refractivity contribution in [3.05, 3.63) is 38.3 Å². The molecular formula is C15H17Cl2N3OS. The maximum Gasteiger partial charge on any atom is 0.224 e.